The highest BCUT2D eigenvalue weighted by atomic mass is 16.3. The average molecular weight is 280 g/mol. The first-order chi connectivity index (χ1) is 9.56. The lowest BCUT2D eigenvalue weighted by atomic mass is 10.1. The Hall–Kier alpha value is -1.93. The van der Waals surface area contributed by atoms with E-state index in [1.54, 1.807) is 17.8 Å². The van der Waals surface area contributed by atoms with Gasteiger partial charge < -0.3 is 20.8 Å². The van der Waals surface area contributed by atoms with Crippen molar-refractivity contribution < 1.29 is 10.2 Å². The maximum atomic E-state index is 9.36. The minimum atomic E-state index is -0.845. The molecule has 0 unspecified atom stereocenters. The molecule has 0 aliphatic rings. The van der Waals surface area contributed by atoms with E-state index in [1.807, 2.05) is 0 Å². The number of aromatic nitrogens is 4. The van der Waals surface area contributed by atoms with Crippen LogP contribution in [0.5, 0.6) is 0 Å². The predicted molar refractivity (Wildman–Crippen MR) is 76.0 cm³/mol. The van der Waals surface area contributed by atoms with Crippen LogP contribution in [0.2, 0.25) is 0 Å². The molecule has 0 bridgehead atoms. The highest BCUT2D eigenvalue weighted by molar-refractivity contribution is 5.55. The molecule has 8 heteroatoms. The molecule has 8 nitrogen and oxygen atoms in total. The molecule has 0 aliphatic carbocycles. The van der Waals surface area contributed by atoms with Crippen molar-refractivity contribution in [1.82, 2.24) is 19.6 Å². The van der Waals surface area contributed by atoms with E-state index >= 15 is 0 Å². The van der Waals surface area contributed by atoms with Crippen molar-refractivity contribution in [3.63, 3.8) is 0 Å². The number of anilines is 2. The van der Waals surface area contributed by atoms with E-state index in [0.717, 1.165) is 11.2 Å². The van der Waals surface area contributed by atoms with Crippen molar-refractivity contribution in [2.24, 2.45) is 0 Å². The second-order valence-corrected chi connectivity index (χ2v) is 4.83. The molecule has 0 radical (unpaired) electrons. The van der Waals surface area contributed by atoms with Crippen LogP contribution in [0.4, 0.5) is 11.9 Å². The van der Waals surface area contributed by atoms with Gasteiger partial charge in [-0.25, -0.2) is 0 Å². The summed E-state index contributed by atoms with van der Waals surface area (Å²) in [7, 11) is 1.75. The van der Waals surface area contributed by atoms with E-state index < -0.39 is 6.10 Å². The Balaban J connectivity index is 2.38. The second kappa shape index (κ2) is 6.02. The Morgan fingerprint density at radius 3 is 2.70 bits per heavy atom. The Morgan fingerprint density at radius 2 is 2.10 bits per heavy atom. The van der Waals surface area contributed by atoms with E-state index in [4.69, 9.17) is 5.11 Å². The Labute approximate surface area is 116 Å². The molecule has 0 saturated heterocycles. The van der Waals surface area contributed by atoms with Crippen molar-refractivity contribution in [2.45, 2.75) is 25.9 Å². The molecule has 0 aliphatic heterocycles. The molecule has 4 N–H and O–H groups in total. The molecule has 0 spiro atoms. The maximum Gasteiger partial charge on any atom is 0.228 e. The molecule has 0 amide bonds. The zero-order valence-corrected chi connectivity index (χ0v) is 11.8. The first-order valence-corrected chi connectivity index (χ1v) is 6.53. The minimum Gasteiger partial charge on any atom is -0.394 e. The van der Waals surface area contributed by atoms with Crippen LogP contribution >= 0.6 is 0 Å². The van der Waals surface area contributed by atoms with Crippen LogP contribution in [0.15, 0.2) is 6.20 Å². The topological polar surface area (TPSA) is 108 Å². The maximum absolute atomic E-state index is 9.36. The molecule has 2 rings (SSSR count). The average Bonchev–Trinajstić information content (AvgIpc) is 2.87. The third-order valence-electron chi connectivity index (χ3n) is 2.95. The summed E-state index contributed by atoms with van der Waals surface area (Å²) in [5.74, 6) is 1.24. The van der Waals surface area contributed by atoms with Crippen molar-refractivity contribution in [3.05, 3.63) is 11.8 Å². The number of hydrogen-bond donors (Lipinski definition) is 4. The van der Waals surface area contributed by atoms with Crippen LogP contribution in [-0.2, 0) is 0 Å². The SMILES string of the molecule is CNc1nc(NC[C@@H](O)CO)nc2c(C(C)C)cnn12. The summed E-state index contributed by atoms with van der Waals surface area (Å²) in [6, 6.07) is 0. The molecule has 20 heavy (non-hydrogen) atoms. The van der Waals surface area contributed by atoms with E-state index in [-0.39, 0.29) is 13.2 Å². The van der Waals surface area contributed by atoms with Crippen molar-refractivity contribution in [3.8, 4) is 0 Å². The summed E-state index contributed by atoms with van der Waals surface area (Å²) in [6.07, 6.45) is 0.935. The molecule has 2 aromatic heterocycles. The first-order valence-electron chi connectivity index (χ1n) is 6.53. The lowest BCUT2D eigenvalue weighted by Crippen LogP contribution is -2.24. The number of nitrogens with zero attached hydrogens (tertiary/aromatic N) is 4. The Kier molecular flexibility index (Phi) is 4.35. The normalized spacial score (nSPS) is 12.9. The lowest BCUT2D eigenvalue weighted by molar-refractivity contribution is 0.105. The fraction of sp³-hybridized carbons (Fsp3) is 0.583. The second-order valence-electron chi connectivity index (χ2n) is 4.83. The summed E-state index contributed by atoms with van der Waals surface area (Å²) >= 11 is 0. The van der Waals surface area contributed by atoms with Crippen LogP contribution in [0, 0.1) is 0 Å². The molecule has 0 aromatic carbocycles. The van der Waals surface area contributed by atoms with Gasteiger partial charge in [-0.2, -0.15) is 19.6 Å². The number of aliphatic hydroxyl groups excluding tert-OH is 2. The number of hydrogen-bond acceptors (Lipinski definition) is 7. The van der Waals surface area contributed by atoms with E-state index in [1.165, 1.54) is 0 Å². The molecular formula is C12H20N6O2. The van der Waals surface area contributed by atoms with Gasteiger partial charge in [-0.15, -0.1) is 0 Å². The smallest absolute Gasteiger partial charge is 0.228 e. The standard InChI is InChI=1S/C12H20N6O2/c1-7(2)9-5-15-18-10(9)16-11(17-12(18)13-3)14-4-8(20)6-19/h5,7-8,19-20H,4,6H2,1-3H3,(H2,13,14,16,17)/t8-/m1/s1. The number of rotatable bonds is 6. The predicted octanol–water partition coefficient (Wildman–Crippen LogP) is 0.0545. The number of nitrogens with one attached hydrogen (secondary N) is 2. The van der Waals surface area contributed by atoms with Gasteiger partial charge in [-0.05, 0) is 5.92 Å². The summed E-state index contributed by atoms with van der Waals surface area (Å²) in [5, 5.41) is 28.3. The van der Waals surface area contributed by atoms with Crippen LogP contribution in [-0.4, -0.2) is 56.1 Å². The van der Waals surface area contributed by atoms with E-state index in [0.29, 0.717) is 17.8 Å². The van der Waals surface area contributed by atoms with E-state index in [9.17, 15) is 5.11 Å². The van der Waals surface area contributed by atoms with Gasteiger partial charge in [0, 0.05) is 19.2 Å². The van der Waals surface area contributed by atoms with Gasteiger partial charge in [-0.3, -0.25) is 0 Å². The largest absolute Gasteiger partial charge is 0.394 e. The molecule has 2 aromatic rings. The van der Waals surface area contributed by atoms with Gasteiger partial charge in [0.15, 0.2) is 5.65 Å². The monoisotopic (exact) mass is 280 g/mol. The summed E-state index contributed by atoms with van der Waals surface area (Å²) in [4.78, 5) is 8.69. The van der Waals surface area contributed by atoms with E-state index in [2.05, 4.69) is 39.5 Å². The van der Waals surface area contributed by atoms with Gasteiger partial charge in [0.25, 0.3) is 0 Å². The Bertz CT molecular complexity index is 583. The fourth-order valence-electron chi connectivity index (χ4n) is 1.82. The number of fused-ring (bicyclic) bond motifs is 1. The third kappa shape index (κ3) is 2.81. The highest BCUT2D eigenvalue weighted by Crippen LogP contribution is 2.21. The third-order valence-corrected chi connectivity index (χ3v) is 2.95. The summed E-state index contributed by atoms with van der Waals surface area (Å²) in [6.45, 7) is 4.01. The summed E-state index contributed by atoms with van der Waals surface area (Å²) < 4.78 is 1.64. The van der Waals surface area contributed by atoms with Crippen LogP contribution in [0.1, 0.15) is 25.3 Å². The summed E-state index contributed by atoms with van der Waals surface area (Å²) in [5.41, 5.74) is 1.75. The van der Waals surface area contributed by atoms with Crippen LogP contribution in [0.3, 0.4) is 0 Å². The molecule has 110 valence electrons. The van der Waals surface area contributed by atoms with Crippen molar-refractivity contribution >= 4 is 17.5 Å². The van der Waals surface area contributed by atoms with Gasteiger partial charge in [-0.1, -0.05) is 13.8 Å². The Morgan fingerprint density at radius 1 is 1.35 bits per heavy atom. The molecular weight excluding hydrogens is 260 g/mol. The first kappa shape index (κ1) is 14.5. The van der Waals surface area contributed by atoms with Crippen LogP contribution in [0.25, 0.3) is 5.65 Å². The lowest BCUT2D eigenvalue weighted by Gasteiger charge is -2.11. The molecule has 1 atom stereocenters. The zero-order chi connectivity index (χ0) is 14.7. The zero-order valence-electron chi connectivity index (χ0n) is 11.8. The number of aliphatic hydroxyl groups is 2. The van der Waals surface area contributed by atoms with Crippen LogP contribution < -0.4 is 10.6 Å². The van der Waals surface area contributed by atoms with Crippen molar-refractivity contribution in [1.29, 1.82) is 0 Å². The molecule has 2 heterocycles. The van der Waals surface area contributed by atoms with Crippen molar-refractivity contribution in [2.75, 3.05) is 30.8 Å². The molecule has 0 fully saturated rings. The minimum absolute atomic E-state index is 0.182. The van der Waals surface area contributed by atoms with Gasteiger partial charge >= 0.3 is 0 Å². The van der Waals surface area contributed by atoms with Gasteiger partial charge in [0.2, 0.25) is 11.9 Å². The molecule has 0 saturated carbocycles. The quantitative estimate of drug-likeness (QED) is 0.592. The van der Waals surface area contributed by atoms with Gasteiger partial charge in [0.05, 0.1) is 18.9 Å². The fourth-order valence-corrected chi connectivity index (χ4v) is 1.82. The van der Waals surface area contributed by atoms with Gasteiger partial charge in [0.1, 0.15) is 0 Å². The highest BCUT2D eigenvalue weighted by Gasteiger charge is 2.14.